The molecule has 0 aliphatic carbocycles. The first-order valence-electron chi connectivity index (χ1n) is 6.72. The van der Waals surface area contributed by atoms with Gasteiger partial charge in [0.15, 0.2) is 0 Å². The van der Waals surface area contributed by atoms with Crippen LogP contribution < -0.4 is 5.32 Å². The van der Waals surface area contributed by atoms with Crippen molar-refractivity contribution in [3.8, 4) is 0 Å². The van der Waals surface area contributed by atoms with Gasteiger partial charge in [-0.2, -0.15) is 0 Å². The van der Waals surface area contributed by atoms with Crippen LogP contribution in [0.3, 0.4) is 0 Å². The third-order valence-corrected chi connectivity index (χ3v) is 4.15. The van der Waals surface area contributed by atoms with Crippen molar-refractivity contribution in [1.29, 1.82) is 0 Å². The summed E-state index contributed by atoms with van der Waals surface area (Å²) in [6.45, 7) is 0.584. The van der Waals surface area contributed by atoms with Crippen molar-refractivity contribution in [2.24, 2.45) is 0 Å². The average molecular weight is 420 g/mol. The molecule has 122 valence electrons. The molecule has 0 fully saturated rings. The third kappa shape index (κ3) is 5.46. The molecule has 7 heteroatoms. The van der Waals surface area contributed by atoms with Gasteiger partial charge in [0.2, 0.25) is 5.91 Å². The first kappa shape index (κ1) is 18.2. The van der Waals surface area contributed by atoms with E-state index in [-0.39, 0.29) is 18.1 Å². The summed E-state index contributed by atoms with van der Waals surface area (Å²) in [5, 5.41) is 3.65. The van der Waals surface area contributed by atoms with E-state index in [4.69, 9.17) is 23.2 Å². The minimum atomic E-state index is -0.490. The summed E-state index contributed by atoms with van der Waals surface area (Å²) in [7, 11) is 1.78. The van der Waals surface area contributed by atoms with E-state index >= 15 is 0 Å². The molecule has 2 aromatic rings. The minimum Gasteiger partial charge on any atom is -0.322 e. The van der Waals surface area contributed by atoms with E-state index in [1.807, 2.05) is 6.07 Å². The van der Waals surface area contributed by atoms with Crippen molar-refractivity contribution in [3.63, 3.8) is 0 Å². The molecular weight excluding hydrogens is 406 g/mol. The average Bonchev–Trinajstić information content (AvgIpc) is 2.45. The van der Waals surface area contributed by atoms with Crippen LogP contribution in [-0.2, 0) is 11.3 Å². The van der Waals surface area contributed by atoms with E-state index in [1.54, 1.807) is 30.1 Å². The van der Waals surface area contributed by atoms with E-state index in [9.17, 15) is 9.18 Å². The second kappa shape index (κ2) is 8.11. The zero-order valence-corrected chi connectivity index (χ0v) is 15.3. The van der Waals surface area contributed by atoms with Crippen LogP contribution in [0.5, 0.6) is 0 Å². The second-order valence-electron chi connectivity index (χ2n) is 5.08. The fourth-order valence-electron chi connectivity index (χ4n) is 2.02. The molecule has 0 spiro atoms. The molecule has 0 bridgehead atoms. The number of carbonyl (C=O) groups is 1. The monoisotopic (exact) mass is 418 g/mol. The summed E-state index contributed by atoms with van der Waals surface area (Å²) in [5.41, 5.74) is 1.01. The number of halogens is 4. The molecule has 0 radical (unpaired) electrons. The van der Waals surface area contributed by atoms with Gasteiger partial charge in [-0.1, -0.05) is 45.2 Å². The Bertz CT molecular complexity index is 727. The summed E-state index contributed by atoms with van der Waals surface area (Å²) in [6, 6.07) is 9.68. The molecule has 3 nitrogen and oxygen atoms in total. The molecule has 0 aliphatic rings. The van der Waals surface area contributed by atoms with E-state index in [0.29, 0.717) is 21.1 Å². The number of nitrogens with zero attached hydrogens (tertiary/aromatic N) is 1. The molecular formula is C16H14BrCl2FN2O. The van der Waals surface area contributed by atoms with Gasteiger partial charge in [-0.15, -0.1) is 0 Å². The van der Waals surface area contributed by atoms with Gasteiger partial charge in [-0.3, -0.25) is 9.69 Å². The van der Waals surface area contributed by atoms with Crippen LogP contribution in [0.25, 0.3) is 0 Å². The predicted molar refractivity (Wildman–Crippen MR) is 95.5 cm³/mol. The van der Waals surface area contributed by atoms with Crippen LogP contribution in [0.1, 0.15) is 5.56 Å². The smallest absolute Gasteiger partial charge is 0.238 e. The Morgan fingerprint density at radius 3 is 2.65 bits per heavy atom. The molecule has 0 heterocycles. The van der Waals surface area contributed by atoms with E-state index in [2.05, 4.69) is 21.2 Å². The number of rotatable bonds is 5. The summed E-state index contributed by atoms with van der Waals surface area (Å²) >= 11 is 15.1. The van der Waals surface area contributed by atoms with Gasteiger partial charge >= 0.3 is 0 Å². The zero-order valence-electron chi connectivity index (χ0n) is 12.2. The van der Waals surface area contributed by atoms with Crippen LogP contribution in [0, 0.1) is 5.82 Å². The molecule has 0 saturated carbocycles. The highest BCUT2D eigenvalue weighted by molar-refractivity contribution is 9.10. The first-order valence-corrected chi connectivity index (χ1v) is 8.27. The number of likely N-dealkylation sites (N-methyl/N-ethyl adjacent to an activating group) is 1. The molecule has 23 heavy (non-hydrogen) atoms. The number of carbonyl (C=O) groups excluding carboxylic acids is 1. The molecule has 0 atom stereocenters. The number of nitrogens with one attached hydrogen (secondary N) is 1. The molecule has 0 aliphatic heterocycles. The Morgan fingerprint density at radius 2 is 2.00 bits per heavy atom. The summed E-state index contributed by atoms with van der Waals surface area (Å²) < 4.78 is 14.3. The molecule has 1 amide bonds. The second-order valence-corrected chi connectivity index (χ2v) is 6.84. The first-order chi connectivity index (χ1) is 10.8. The summed E-state index contributed by atoms with van der Waals surface area (Å²) in [4.78, 5) is 13.8. The van der Waals surface area contributed by atoms with Crippen molar-refractivity contribution in [1.82, 2.24) is 4.90 Å². The maximum atomic E-state index is 13.7. The van der Waals surface area contributed by atoms with Crippen molar-refractivity contribution in [2.45, 2.75) is 6.54 Å². The van der Waals surface area contributed by atoms with Gasteiger partial charge in [-0.25, -0.2) is 4.39 Å². The minimum absolute atomic E-state index is 0.106. The molecule has 1 N–H and O–H groups in total. The number of hydrogen-bond acceptors (Lipinski definition) is 2. The van der Waals surface area contributed by atoms with E-state index in [1.165, 1.54) is 12.1 Å². The molecule has 2 rings (SSSR count). The Balaban J connectivity index is 1.94. The van der Waals surface area contributed by atoms with Gasteiger partial charge < -0.3 is 5.32 Å². The fourth-order valence-corrected chi connectivity index (χ4v) is 2.82. The van der Waals surface area contributed by atoms with Gasteiger partial charge in [0, 0.05) is 21.1 Å². The maximum absolute atomic E-state index is 13.7. The maximum Gasteiger partial charge on any atom is 0.238 e. The van der Waals surface area contributed by atoms with Gasteiger partial charge in [0.1, 0.15) is 5.82 Å². The van der Waals surface area contributed by atoms with Crippen LogP contribution in [-0.4, -0.2) is 24.4 Å². The Hall–Kier alpha value is -1.14. The lowest BCUT2D eigenvalue weighted by molar-refractivity contribution is -0.117. The molecule has 0 aromatic heterocycles. The topological polar surface area (TPSA) is 32.3 Å². The van der Waals surface area contributed by atoms with Crippen LogP contribution in [0.15, 0.2) is 40.9 Å². The van der Waals surface area contributed by atoms with Crippen LogP contribution >= 0.6 is 39.1 Å². The Labute approximate surface area is 152 Å². The van der Waals surface area contributed by atoms with Crippen molar-refractivity contribution in [2.75, 3.05) is 18.9 Å². The van der Waals surface area contributed by atoms with Crippen LogP contribution in [0.4, 0.5) is 10.1 Å². The Kier molecular flexibility index (Phi) is 6.41. The van der Waals surface area contributed by atoms with Gasteiger partial charge in [0.25, 0.3) is 0 Å². The van der Waals surface area contributed by atoms with E-state index < -0.39 is 5.82 Å². The fraction of sp³-hybridized carbons (Fsp3) is 0.188. The van der Waals surface area contributed by atoms with Crippen molar-refractivity contribution >= 4 is 50.7 Å². The number of anilines is 1. The molecule has 2 aromatic carbocycles. The van der Waals surface area contributed by atoms with Crippen molar-refractivity contribution < 1.29 is 9.18 Å². The van der Waals surface area contributed by atoms with Crippen molar-refractivity contribution in [3.05, 3.63) is 62.3 Å². The lowest BCUT2D eigenvalue weighted by Gasteiger charge is -2.17. The molecule has 0 unspecified atom stereocenters. The standard InChI is InChI=1S/C16H14BrCl2FN2O/c1-22(8-10-2-4-12(18)7-13(10)19)9-16(23)21-15-5-3-11(17)6-14(15)20/h2-7H,8-9H2,1H3,(H,21,23). The SMILES string of the molecule is CN(CC(=O)Nc1ccc(Br)cc1F)Cc1ccc(Cl)cc1Cl. The molecule has 0 saturated heterocycles. The zero-order chi connectivity index (χ0) is 17.0. The highest BCUT2D eigenvalue weighted by atomic mass is 79.9. The summed E-state index contributed by atoms with van der Waals surface area (Å²) in [5.74, 6) is -0.796. The van der Waals surface area contributed by atoms with Gasteiger partial charge in [-0.05, 0) is 42.9 Å². The number of hydrogen-bond donors (Lipinski definition) is 1. The largest absolute Gasteiger partial charge is 0.322 e. The normalized spacial score (nSPS) is 10.9. The third-order valence-electron chi connectivity index (χ3n) is 3.07. The van der Waals surface area contributed by atoms with Crippen LogP contribution in [0.2, 0.25) is 10.0 Å². The lowest BCUT2D eigenvalue weighted by atomic mass is 10.2. The number of benzene rings is 2. The predicted octanol–water partition coefficient (Wildman–Crippen LogP) is 4.97. The highest BCUT2D eigenvalue weighted by Gasteiger charge is 2.11. The summed E-state index contributed by atoms with van der Waals surface area (Å²) in [6.07, 6.45) is 0. The lowest BCUT2D eigenvalue weighted by Crippen LogP contribution is -2.30. The van der Waals surface area contributed by atoms with E-state index in [0.717, 1.165) is 5.56 Å². The quantitative estimate of drug-likeness (QED) is 0.742. The highest BCUT2D eigenvalue weighted by Crippen LogP contribution is 2.22. The van der Waals surface area contributed by atoms with Gasteiger partial charge in [0.05, 0.1) is 12.2 Å². The number of amides is 1. The Morgan fingerprint density at radius 1 is 1.26 bits per heavy atom.